The molecule has 3 N–H and O–H groups in total. The molecule has 0 bridgehead atoms. The molecule has 1 aromatic rings. The van der Waals surface area contributed by atoms with E-state index in [0.29, 0.717) is 12.1 Å². The van der Waals surface area contributed by atoms with E-state index in [0.717, 1.165) is 19.4 Å². The first-order chi connectivity index (χ1) is 9.27. The number of hydrogen-bond acceptors (Lipinski definition) is 4. The molecule has 104 valence electrons. The molecule has 2 rings (SSSR count). The summed E-state index contributed by atoms with van der Waals surface area (Å²) in [5, 5.41) is 2.89. The number of rotatable bonds is 6. The van der Waals surface area contributed by atoms with Crippen LogP contribution in [0.2, 0.25) is 0 Å². The predicted octanol–water partition coefficient (Wildman–Crippen LogP) is 1.27. The lowest BCUT2D eigenvalue weighted by atomic mass is 10.2. The van der Waals surface area contributed by atoms with E-state index < -0.39 is 0 Å². The van der Waals surface area contributed by atoms with Gasteiger partial charge in [0, 0.05) is 12.7 Å². The van der Waals surface area contributed by atoms with Gasteiger partial charge in [0.25, 0.3) is 5.91 Å². The van der Waals surface area contributed by atoms with Gasteiger partial charge in [-0.25, -0.2) is 4.98 Å². The Morgan fingerprint density at radius 1 is 1.37 bits per heavy atom. The molecule has 5 nitrogen and oxygen atoms in total. The van der Waals surface area contributed by atoms with Crippen LogP contribution < -0.4 is 11.1 Å². The minimum atomic E-state index is -0.133. The molecule has 0 radical (unpaired) electrons. The molecule has 1 amide bonds. The zero-order chi connectivity index (χ0) is 13.5. The second kappa shape index (κ2) is 7.09. The Bertz CT molecular complexity index is 416. The lowest BCUT2D eigenvalue weighted by Gasteiger charge is -2.14. The molecule has 1 aromatic heterocycles. The highest BCUT2D eigenvalue weighted by Gasteiger charge is 2.11. The van der Waals surface area contributed by atoms with Crippen LogP contribution in [0.4, 0.5) is 5.82 Å². The summed E-state index contributed by atoms with van der Waals surface area (Å²) in [6.07, 6.45) is 6.38. The normalized spacial score (nSPS) is 15.6. The van der Waals surface area contributed by atoms with Crippen molar-refractivity contribution < 1.29 is 4.79 Å². The number of carbonyl (C=O) groups is 1. The average Bonchev–Trinajstić information content (AvgIpc) is 2.92. The fourth-order valence-corrected chi connectivity index (χ4v) is 2.37. The van der Waals surface area contributed by atoms with Crippen molar-refractivity contribution in [3.8, 4) is 0 Å². The van der Waals surface area contributed by atoms with E-state index in [9.17, 15) is 4.79 Å². The second-order valence-electron chi connectivity index (χ2n) is 4.95. The van der Waals surface area contributed by atoms with Crippen molar-refractivity contribution in [3.63, 3.8) is 0 Å². The van der Waals surface area contributed by atoms with Crippen molar-refractivity contribution in [1.29, 1.82) is 0 Å². The number of nitrogens with zero attached hydrogens (tertiary/aromatic N) is 2. The SMILES string of the molecule is Nc1ncccc1C(=O)NCCCCN1CCCC1. The maximum absolute atomic E-state index is 11.8. The number of likely N-dealkylation sites (tertiary alicyclic amines) is 1. The highest BCUT2D eigenvalue weighted by atomic mass is 16.1. The summed E-state index contributed by atoms with van der Waals surface area (Å²) < 4.78 is 0. The highest BCUT2D eigenvalue weighted by Crippen LogP contribution is 2.08. The fraction of sp³-hybridized carbons (Fsp3) is 0.571. The van der Waals surface area contributed by atoms with Gasteiger partial charge in [-0.1, -0.05) is 0 Å². The number of hydrogen-bond donors (Lipinski definition) is 2. The lowest BCUT2D eigenvalue weighted by molar-refractivity contribution is 0.0953. The number of aromatic nitrogens is 1. The first-order valence-electron chi connectivity index (χ1n) is 6.98. The zero-order valence-corrected chi connectivity index (χ0v) is 11.3. The van der Waals surface area contributed by atoms with Crippen molar-refractivity contribution in [2.24, 2.45) is 0 Å². The average molecular weight is 262 g/mol. The van der Waals surface area contributed by atoms with Crippen molar-refractivity contribution in [3.05, 3.63) is 23.9 Å². The molecule has 0 aliphatic carbocycles. The van der Waals surface area contributed by atoms with Gasteiger partial charge in [-0.15, -0.1) is 0 Å². The minimum Gasteiger partial charge on any atom is -0.383 e. The van der Waals surface area contributed by atoms with Gasteiger partial charge in [-0.3, -0.25) is 4.79 Å². The summed E-state index contributed by atoms with van der Waals surface area (Å²) in [6.45, 7) is 4.31. The Hall–Kier alpha value is -1.62. The Balaban J connectivity index is 1.62. The van der Waals surface area contributed by atoms with Crippen molar-refractivity contribution in [2.45, 2.75) is 25.7 Å². The molecule has 1 fully saturated rings. The smallest absolute Gasteiger partial charge is 0.255 e. The van der Waals surface area contributed by atoms with Gasteiger partial charge >= 0.3 is 0 Å². The van der Waals surface area contributed by atoms with Crippen molar-refractivity contribution in [2.75, 3.05) is 31.9 Å². The highest BCUT2D eigenvalue weighted by molar-refractivity contribution is 5.98. The van der Waals surface area contributed by atoms with Crippen LogP contribution in [-0.4, -0.2) is 42.0 Å². The van der Waals surface area contributed by atoms with Gasteiger partial charge < -0.3 is 16.0 Å². The number of nitrogens with two attached hydrogens (primary N) is 1. The van der Waals surface area contributed by atoms with E-state index >= 15 is 0 Å². The molecule has 0 aromatic carbocycles. The van der Waals surface area contributed by atoms with E-state index in [1.165, 1.54) is 25.9 Å². The first-order valence-corrected chi connectivity index (χ1v) is 6.98. The zero-order valence-electron chi connectivity index (χ0n) is 11.3. The summed E-state index contributed by atoms with van der Waals surface area (Å²) >= 11 is 0. The van der Waals surface area contributed by atoms with Crippen LogP contribution in [0.5, 0.6) is 0 Å². The number of nitrogen functional groups attached to an aromatic ring is 1. The van der Waals surface area contributed by atoms with E-state index in [4.69, 9.17) is 5.73 Å². The summed E-state index contributed by atoms with van der Waals surface area (Å²) in [7, 11) is 0. The van der Waals surface area contributed by atoms with Crippen LogP contribution in [0.25, 0.3) is 0 Å². The molecule has 1 aliphatic rings. The maximum atomic E-state index is 11.8. The van der Waals surface area contributed by atoms with Gasteiger partial charge in [-0.2, -0.15) is 0 Å². The van der Waals surface area contributed by atoms with E-state index in [1.807, 2.05) is 0 Å². The van der Waals surface area contributed by atoms with Gasteiger partial charge in [-0.05, 0) is 57.5 Å². The maximum Gasteiger partial charge on any atom is 0.255 e. The van der Waals surface area contributed by atoms with Crippen LogP contribution in [-0.2, 0) is 0 Å². The predicted molar refractivity (Wildman–Crippen MR) is 75.9 cm³/mol. The van der Waals surface area contributed by atoms with E-state index in [2.05, 4.69) is 15.2 Å². The molecule has 19 heavy (non-hydrogen) atoms. The summed E-state index contributed by atoms with van der Waals surface area (Å²) in [6, 6.07) is 3.42. The summed E-state index contributed by atoms with van der Waals surface area (Å²) in [5.41, 5.74) is 6.12. The number of pyridine rings is 1. The van der Waals surface area contributed by atoms with Crippen LogP contribution in [0, 0.1) is 0 Å². The number of unbranched alkanes of at least 4 members (excludes halogenated alkanes) is 1. The van der Waals surface area contributed by atoms with E-state index in [-0.39, 0.29) is 11.7 Å². The monoisotopic (exact) mass is 262 g/mol. The number of amides is 1. The van der Waals surface area contributed by atoms with Gasteiger partial charge in [0.1, 0.15) is 5.82 Å². The van der Waals surface area contributed by atoms with Gasteiger partial charge in [0.05, 0.1) is 5.56 Å². The standard InChI is InChI=1S/C14H22N4O/c15-13-12(6-5-8-16-13)14(19)17-7-1-2-9-18-10-3-4-11-18/h5-6,8H,1-4,7,9-11H2,(H2,15,16)(H,17,19). The topological polar surface area (TPSA) is 71.2 Å². The Labute approximate surface area is 114 Å². The van der Waals surface area contributed by atoms with Crippen LogP contribution in [0.15, 0.2) is 18.3 Å². The number of anilines is 1. The third-order valence-electron chi connectivity index (χ3n) is 3.47. The molecule has 1 aliphatic heterocycles. The number of carbonyl (C=O) groups excluding carboxylic acids is 1. The van der Waals surface area contributed by atoms with Gasteiger partial charge in [0.2, 0.25) is 0 Å². The lowest BCUT2D eigenvalue weighted by Crippen LogP contribution is -2.27. The molecule has 0 spiro atoms. The third-order valence-corrected chi connectivity index (χ3v) is 3.47. The molecule has 1 saturated heterocycles. The second-order valence-corrected chi connectivity index (χ2v) is 4.95. The first kappa shape index (κ1) is 13.8. The number of nitrogens with one attached hydrogen (secondary N) is 1. The van der Waals surface area contributed by atoms with Crippen LogP contribution >= 0.6 is 0 Å². The van der Waals surface area contributed by atoms with Crippen molar-refractivity contribution >= 4 is 11.7 Å². The Kier molecular flexibility index (Phi) is 5.15. The molecular formula is C14H22N4O. The quantitative estimate of drug-likeness (QED) is 0.757. The van der Waals surface area contributed by atoms with Crippen molar-refractivity contribution in [1.82, 2.24) is 15.2 Å². The van der Waals surface area contributed by atoms with E-state index in [1.54, 1.807) is 18.3 Å². The summed E-state index contributed by atoms with van der Waals surface area (Å²) in [5.74, 6) is 0.156. The van der Waals surface area contributed by atoms with Crippen LogP contribution in [0.3, 0.4) is 0 Å². The Morgan fingerprint density at radius 3 is 2.89 bits per heavy atom. The Morgan fingerprint density at radius 2 is 2.16 bits per heavy atom. The summed E-state index contributed by atoms with van der Waals surface area (Å²) in [4.78, 5) is 18.2. The largest absolute Gasteiger partial charge is 0.383 e. The molecule has 5 heteroatoms. The molecule has 0 atom stereocenters. The molecular weight excluding hydrogens is 240 g/mol. The third kappa shape index (κ3) is 4.21. The molecule has 0 saturated carbocycles. The minimum absolute atomic E-state index is 0.133. The molecule has 2 heterocycles. The van der Waals surface area contributed by atoms with Gasteiger partial charge in [0.15, 0.2) is 0 Å². The molecule has 0 unspecified atom stereocenters. The van der Waals surface area contributed by atoms with Crippen LogP contribution in [0.1, 0.15) is 36.0 Å². The fourth-order valence-electron chi connectivity index (χ4n) is 2.37.